The molecule has 2 aliphatic rings. The lowest BCUT2D eigenvalue weighted by molar-refractivity contribution is -0.137. The second-order valence-corrected chi connectivity index (χ2v) is 8.22. The molecule has 0 aromatic heterocycles. The van der Waals surface area contributed by atoms with Crippen LogP contribution in [0, 0.1) is 23.7 Å². The highest BCUT2D eigenvalue weighted by atomic mass is 16.5. The van der Waals surface area contributed by atoms with Crippen LogP contribution < -0.4 is 4.74 Å². The van der Waals surface area contributed by atoms with Crippen molar-refractivity contribution in [3.05, 3.63) is 29.8 Å². The van der Waals surface area contributed by atoms with E-state index in [4.69, 9.17) is 16.3 Å². The van der Waals surface area contributed by atoms with Gasteiger partial charge >= 0.3 is 5.97 Å². The first kappa shape index (κ1) is 18.8. The Balaban J connectivity index is 1.53. The molecule has 2 aliphatic carbocycles. The lowest BCUT2D eigenvalue weighted by atomic mass is 9.63. The van der Waals surface area contributed by atoms with Crippen molar-refractivity contribution in [2.24, 2.45) is 11.3 Å². The summed E-state index contributed by atoms with van der Waals surface area (Å²) < 4.78 is 6.06. The minimum Gasteiger partial charge on any atom is -0.493 e. The summed E-state index contributed by atoms with van der Waals surface area (Å²) in [4.78, 5) is 10.9. The molecule has 1 spiro atoms. The van der Waals surface area contributed by atoms with Crippen molar-refractivity contribution < 1.29 is 14.6 Å². The lowest BCUT2D eigenvalue weighted by Gasteiger charge is -2.43. The molecular weight excluding hydrogens is 324 g/mol. The molecule has 3 rings (SSSR count). The summed E-state index contributed by atoms with van der Waals surface area (Å²) in [6.45, 7) is 0.786. The summed E-state index contributed by atoms with van der Waals surface area (Å²) in [5.41, 5.74) is 1.46. The van der Waals surface area contributed by atoms with Gasteiger partial charge in [-0.15, -0.1) is 6.42 Å². The summed E-state index contributed by atoms with van der Waals surface area (Å²) in [5, 5.41) is 8.94. The third kappa shape index (κ3) is 4.81. The van der Waals surface area contributed by atoms with Crippen LogP contribution in [0.1, 0.15) is 75.7 Å². The van der Waals surface area contributed by atoms with Crippen molar-refractivity contribution in [2.75, 3.05) is 6.61 Å². The third-order valence-corrected chi connectivity index (χ3v) is 6.30. The number of terminal acetylenes is 1. The van der Waals surface area contributed by atoms with E-state index < -0.39 is 5.97 Å². The van der Waals surface area contributed by atoms with Crippen LogP contribution >= 0.6 is 0 Å². The van der Waals surface area contributed by atoms with Crippen LogP contribution in [0.15, 0.2) is 24.3 Å². The number of carboxylic acids is 1. The van der Waals surface area contributed by atoms with Crippen LogP contribution in [0.4, 0.5) is 0 Å². The first-order chi connectivity index (χ1) is 12.6. The fraction of sp³-hybridized carbons (Fsp3) is 0.609. The average molecular weight is 354 g/mol. The van der Waals surface area contributed by atoms with Gasteiger partial charge in [0.25, 0.3) is 0 Å². The van der Waals surface area contributed by atoms with Gasteiger partial charge in [0.05, 0.1) is 18.9 Å². The summed E-state index contributed by atoms with van der Waals surface area (Å²) in [7, 11) is 0. The number of ether oxygens (including phenoxy) is 1. The van der Waals surface area contributed by atoms with E-state index in [0.29, 0.717) is 11.3 Å². The first-order valence-electron chi connectivity index (χ1n) is 10.0. The van der Waals surface area contributed by atoms with Crippen molar-refractivity contribution in [3.63, 3.8) is 0 Å². The molecule has 1 N–H and O–H groups in total. The highest BCUT2D eigenvalue weighted by Gasteiger charge is 2.37. The van der Waals surface area contributed by atoms with Gasteiger partial charge in [-0.05, 0) is 61.1 Å². The molecule has 2 unspecified atom stereocenters. The molecule has 0 radical (unpaired) electrons. The Bertz CT molecular complexity index is 629. The zero-order chi connectivity index (χ0) is 18.4. The Morgan fingerprint density at radius 3 is 2.54 bits per heavy atom. The van der Waals surface area contributed by atoms with E-state index in [0.717, 1.165) is 17.9 Å². The fourth-order valence-electron chi connectivity index (χ4n) is 4.94. The fourth-order valence-corrected chi connectivity index (χ4v) is 4.94. The predicted octanol–water partition coefficient (Wildman–Crippen LogP) is 5.40. The largest absolute Gasteiger partial charge is 0.493 e. The van der Waals surface area contributed by atoms with Crippen molar-refractivity contribution in [2.45, 2.75) is 70.1 Å². The van der Waals surface area contributed by atoms with Gasteiger partial charge in [-0.1, -0.05) is 43.7 Å². The SMILES string of the molecule is C#CC(CC(=O)O)c1ccc(OCC2CCCC3(CCCCC3)C2)cc1. The van der Waals surface area contributed by atoms with E-state index in [1.54, 1.807) is 0 Å². The summed E-state index contributed by atoms with van der Waals surface area (Å²) in [6, 6.07) is 7.63. The lowest BCUT2D eigenvalue weighted by Crippen LogP contribution is -2.33. The predicted molar refractivity (Wildman–Crippen MR) is 103 cm³/mol. The number of hydrogen-bond acceptors (Lipinski definition) is 2. The number of aliphatic carboxylic acids is 1. The Morgan fingerprint density at radius 2 is 1.88 bits per heavy atom. The van der Waals surface area contributed by atoms with Crippen molar-refractivity contribution in [1.29, 1.82) is 0 Å². The molecule has 0 saturated heterocycles. The Labute approximate surface area is 157 Å². The molecule has 2 fully saturated rings. The van der Waals surface area contributed by atoms with Crippen LogP contribution in [0.2, 0.25) is 0 Å². The second kappa shape index (κ2) is 8.62. The third-order valence-electron chi connectivity index (χ3n) is 6.30. The smallest absolute Gasteiger partial charge is 0.304 e. The Kier molecular flexibility index (Phi) is 6.25. The van der Waals surface area contributed by atoms with E-state index in [9.17, 15) is 4.79 Å². The van der Waals surface area contributed by atoms with Crippen molar-refractivity contribution >= 4 is 5.97 Å². The normalized spacial score (nSPS) is 23.1. The number of hydrogen-bond donors (Lipinski definition) is 1. The summed E-state index contributed by atoms with van der Waals surface area (Å²) in [6.07, 6.45) is 17.8. The zero-order valence-electron chi connectivity index (χ0n) is 15.6. The number of rotatable bonds is 6. The maximum absolute atomic E-state index is 10.9. The molecule has 0 aliphatic heterocycles. The van der Waals surface area contributed by atoms with E-state index in [2.05, 4.69) is 5.92 Å². The van der Waals surface area contributed by atoms with Crippen LogP contribution in [-0.2, 0) is 4.79 Å². The minimum absolute atomic E-state index is 0.0408. The molecule has 3 nitrogen and oxygen atoms in total. The van der Waals surface area contributed by atoms with E-state index in [1.807, 2.05) is 24.3 Å². The van der Waals surface area contributed by atoms with E-state index in [-0.39, 0.29) is 12.3 Å². The number of benzene rings is 1. The maximum Gasteiger partial charge on any atom is 0.304 e. The molecule has 0 bridgehead atoms. The van der Waals surface area contributed by atoms with E-state index in [1.165, 1.54) is 57.8 Å². The quantitative estimate of drug-likeness (QED) is 0.696. The standard InChI is InChI=1S/C23H30O3/c1-2-19(15-22(24)25)20-8-10-21(11-9-20)26-17-18-7-6-14-23(16-18)12-4-3-5-13-23/h1,8-11,18-19H,3-7,12-17H2,(H,24,25). The van der Waals surface area contributed by atoms with Crippen LogP contribution in [0.5, 0.6) is 5.75 Å². The van der Waals surface area contributed by atoms with Gasteiger partial charge in [-0.2, -0.15) is 0 Å². The molecule has 1 aromatic rings. The molecular formula is C23H30O3. The highest BCUT2D eigenvalue weighted by Crippen LogP contribution is 2.49. The molecule has 0 amide bonds. The summed E-state index contributed by atoms with van der Waals surface area (Å²) >= 11 is 0. The van der Waals surface area contributed by atoms with Gasteiger partial charge in [0.15, 0.2) is 0 Å². The monoisotopic (exact) mass is 354 g/mol. The molecule has 26 heavy (non-hydrogen) atoms. The number of carbonyl (C=O) groups is 1. The second-order valence-electron chi connectivity index (χ2n) is 8.22. The molecule has 1 aromatic carbocycles. The molecule has 3 heteroatoms. The Hall–Kier alpha value is -1.95. The van der Waals surface area contributed by atoms with Crippen molar-refractivity contribution in [3.8, 4) is 18.1 Å². The minimum atomic E-state index is -0.873. The summed E-state index contributed by atoms with van der Waals surface area (Å²) in [5.74, 6) is 2.82. The van der Waals surface area contributed by atoms with Gasteiger partial charge in [0.1, 0.15) is 5.75 Å². The topological polar surface area (TPSA) is 46.5 Å². The van der Waals surface area contributed by atoms with Crippen LogP contribution in [0.25, 0.3) is 0 Å². The number of carboxylic acid groups (broad SMARTS) is 1. The molecule has 2 saturated carbocycles. The highest BCUT2D eigenvalue weighted by molar-refractivity contribution is 5.68. The van der Waals surface area contributed by atoms with Gasteiger partial charge < -0.3 is 9.84 Å². The van der Waals surface area contributed by atoms with Crippen LogP contribution in [0.3, 0.4) is 0 Å². The maximum atomic E-state index is 10.9. The van der Waals surface area contributed by atoms with Gasteiger partial charge in [-0.3, -0.25) is 4.79 Å². The molecule has 2 atom stereocenters. The van der Waals surface area contributed by atoms with Crippen LogP contribution in [-0.4, -0.2) is 17.7 Å². The van der Waals surface area contributed by atoms with Crippen molar-refractivity contribution in [1.82, 2.24) is 0 Å². The van der Waals surface area contributed by atoms with Gasteiger partial charge in [0, 0.05) is 0 Å². The molecule has 0 heterocycles. The Morgan fingerprint density at radius 1 is 1.19 bits per heavy atom. The van der Waals surface area contributed by atoms with Gasteiger partial charge in [0.2, 0.25) is 0 Å². The molecule has 140 valence electrons. The van der Waals surface area contributed by atoms with Gasteiger partial charge in [-0.25, -0.2) is 0 Å². The first-order valence-corrected chi connectivity index (χ1v) is 10.0. The van der Waals surface area contributed by atoms with E-state index >= 15 is 0 Å². The zero-order valence-corrected chi connectivity index (χ0v) is 15.6. The average Bonchev–Trinajstić information content (AvgIpc) is 2.65.